The molecule has 0 aliphatic heterocycles. The molecule has 6 heteroatoms. The van der Waals surface area contributed by atoms with Gasteiger partial charge in [0.2, 0.25) is 0 Å². The lowest BCUT2D eigenvalue weighted by molar-refractivity contribution is 0.0698. The minimum Gasteiger partial charge on any atom is -0.477 e. The summed E-state index contributed by atoms with van der Waals surface area (Å²) in [7, 11) is 0. The summed E-state index contributed by atoms with van der Waals surface area (Å²) in [6.07, 6.45) is 9.13. The lowest BCUT2D eigenvalue weighted by Crippen LogP contribution is -2.13. The van der Waals surface area contributed by atoms with Gasteiger partial charge in [0.05, 0.1) is 11.9 Å². The maximum absolute atomic E-state index is 11.5. The van der Waals surface area contributed by atoms with Gasteiger partial charge in [-0.15, -0.1) is 11.8 Å². The SMILES string of the molecule is CC(C)Sc1ccc(-c2cnc3c(C(=O)O)cnn3c2C2CCCCC2)cc1. The molecule has 28 heavy (non-hydrogen) atoms. The third-order valence-corrected chi connectivity index (χ3v) is 6.34. The van der Waals surface area contributed by atoms with Gasteiger partial charge in [0.15, 0.2) is 5.65 Å². The molecule has 0 spiro atoms. The summed E-state index contributed by atoms with van der Waals surface area (Å²) in [6.45, 7) is 4.38. The van der Waals surface area contributed by atoms with E-state index in [2.05, 4.69) is 48.2 Å². The molecule has 1 aliphatic carbocycles. The zero-order valence-electron chi connectivity index (χ0n) is 16.3. The van der Waals surface area contributed by atoms with E-state index in [9.17, 15) is 9.90 Å². The molecule has 2 heterocycles. The van der Waals surface area contributed by atoms with Crippen molar-refractivity contribution in [2.45, 2.75) is 62.0 Å². The Bertz CT molecular complexity index is 989. The van der Waals surface area contributed by atoms with Crippen LogP contribution in [0.2, 0.25) is 0 Å². The highest BCUT2D eigenvalue weighted by Crippen LogP contribution is 2.38. The summed E-state index contributed by atoms with van der Waals surface area (Å²) in [5.41, 5.74) is 3.86. The van der Waals surface area contributed by atoms with Crippen molar-refractivity contribution >= 4 is 23.4 Å². The quantitative estimate of drug-likeness (QED) is 0.566. The largest absolute Gasteiger partial charge is 0.477 e. The number of carbonyl (C=O) groups is 1. The van der Waals surface area contributed by atoms with Gasteiger partial charge in [-0.2, -0.15) is 5.10 Å². The van der Waals surface area contributed by atoms with Gasteiger partial charge in [0.1, 0.15) is 5.56 Å². The summed E-state index contributed by atoms with van der Waals surface area (Å²) >= 11 is 1.85. The Balaban J connectivity index is 1.84. The van der Waals surface area contributed by atoms with Gasteiger partial charge < -0.3 is 5.11 Å². The van der Waals surface area contributed by atoms with Gasteiger partial charge in [-0.1, -0.05) is 45.2 Å². The smallest absolute Gasteiger partial charge is 0.341 e. The van der Waals surface area contributed by atoms with E-state index < -0.39 is 5.97 Å². The molecule has 146 valence electrons. The van der Waals surface area contributed by atoms with Crippen LogP contribution in [0, 0.1) is 0 Å². The van der Waals surface area contributed by atoms with E-state index >= 15 is 0 Å². The van der Waals surface area contributed by atoms with Crippen molar-refractivity contribution in [3.05, 3.63) is 47.9 Å². The van der Waals surface area contributed by atoms with Crippen molar-refractivity contribution in [2.24, 2.45) is 0 Å². The molecule has 1 aliphatic rings. The molecule has 0 radical (unpaired) electrons. The Labute approximate surface area is 169 Å². The fraction of sp³-hybridized carbons (Fsp3) is 0.409. The molecule has 0 bridgehead atoms. The predicted octanol–water partition coefficient (Wildman–Crippen LogP) is 5.64. The number of aromatic carboxylic acids is 1. The zero-order chi connectivity index (χ0) is 19.7. The van der Waals surface area contributed by atoms with Crippen molar-refractivity contribution in [1.82, 2.24) is 14.6 Å². The van der Waals surface area contributed by atoms with Crippen LogP contribution in [0.4, 0.5) is 0 Å². The van der Waals surface area contributed by atoms with Crippen molar-refractivity contribution in [1.29, 1.82) is 0 Å². The first-order valence-corrected chi connectivity index (χ1v) is 10.8. The average Bonchev–Trinajstić information content (AvgIpc) is 3.12. The molecule has 3 aromatic rings. The summed E-state index contributed by atoms with van der Waals surface area (Å²) in [6, 6.07) is 8.59. The van der Waals surface area contributed by atoms with Gasteiger partial charge in [-0.05, 0) is 30.5 Å². The van der Waals surface area contributed by atoms with Crippen LogP contribution in [0.1, 0.15) is 67.9 Å². The zero-order valence-corrected chi connectivity index (χ0v) is 17.1. The average molecular weight is 396 g/mol. The normalized spacial score (nSPS) is 15.4. The van der Waals surface area contributed by atoms with E-state index in [0.29, 0.717) is 16.8 Å². The minimum atomic E-state index is -0.986. The molecular weight excluding hydrogens is 370 g/mol. The number of hydrogen-bond acceptors (Lipinski definition) is 4. The number of carboxylic acid groups (broad SMARTS) is 1. The first-order valence-electron chi connectivity index (χ1n) is 9.91. The molecule has 0 unspecified atom stereocenters. The molecule has 1 fully saturated rings. The van der Waals surface area contributed by atoms with Gasteiger partial charge >= 0.3 is 5.97 Å². The molecule has 0 amide bonds. The topological polar surface area (TPSA) is 67.5 Å². The van der Waals surface area contributed by atoms with Crippen molar-refractivity contribution in [3.8, 4) is 11.1 Å². The van der Waals surface area contributed by atoms with Gasteiger partial charge in [0.25, 0.3) is 0 Å². The lowest BCUT2D eigenvalue weighted by atomic mass is 9.84. The fourth-order valence-corrected chi connectivity index (χ4v) is 4.91. The van der Waals surface area contributed by atoms with Crippen LogP contribution in [0.25, 0.3) is 16.8 Å². The van der Waals surface area contributed by atoms with Crippen molar-refractivity contribution in [3.63, 3.8) is 0 Å². The van der Waals surface area contributed by atoms with Crippen LogP contribution >= 0.6 is 11.8 Å². The molecule has 5 nitrogen and oxygen atoms in total. The molecule has 0 saturated heterocycles. The second-order valence-corrected chi connectivity index (χ2v) is 9.33. The lowest BCUT2D eigenvalue weighted by Gasteiger charge is -2.25. The van der Waals surface area contributed by atoms with Crippen LogP contribution in [0.5, 0.6) is 0 Å². The predicted molar refractivity (Wildman–Crippen MR) is 112 cm³/mol. The molecular formula is C22H25N3O2S. The van der Waals surface area contributed by atoms with Crippen LogP contribution in [0.15, 0.2) is 41.6 Å². The van der Waals surface area contributed by atoms with E-state index in [-0.39, 0.29) is 5.56 Å². The molecule has 1 N–H and O–H groups in total. The third-order valence-electron chi connectivity index (χ3n) is 5.32. The Kier molecular flexibility index (Phi) is 5.40. The summed E-state index contributed by atoms with van der Waals surface area (Å²) in [5.74, 6) is -0.611. The van der Waals surface area contributed by atoms with Crippen LogP contribution in [0.3, 0.4) is 0 Å². The Morgan fingerprint density at radius 1 is 1.14 bits per heavy atom. The minimum absolute atomic E-state index is 0.160. The number of benzene rings is 1. The van der Waals surface area contributed by atoms with E-state index in [0.717, 1.165) is 29.7 Å². The van der Waals surface area contributed by atoms with E-state index in [1.165, 1.54) is 30.4 Å². The van der Waals surface area contributed by atoms with Crippen LogP contribution < -0.4 is 0 Å². The number of carboxylic acids is 1. The highest BCUT2D eigenvalue weighted by molar-refractivity contribution is 7.99. The maximum atomic E-state index is 11.5. The van der Waals surface area contributed by atoms with Crippen LogP contribution in [-0.4, -0.2) is 30.9 Å². The third kappa shape index (κ3) is 3.65. The Morgan fingerprint density at radius 3 is 2.50 bits per heavy atom. The van der Waals surface area contributed by atoms with Crippen molar-refractivity contribution in [2.75, 3.05) is 0 Å². The highest BCUT2D eigenvalue weighted by atomic mass is 32.2. The monoisotopic (exact) mass is 395 g/mol. The van der Waals surface area contributed by atoms with E-state index in [1.807, 2.05) is 18.0 Å². The first kappa shape index (κ1) is 19.0. The Morgan fingerprint density at radius 2 is 1.86 bits per heavy atom. The Hall–Kier alpha value is -2.34. The number of rotatable bonds is 5. The fourth-order valence-electron chi connectivity index (χ4n) is 4.08. The first-order chi connectivity index (χ1) is 13.5. The molecule has 1 aromatic carbocycles. The van der Waals surface area contributed by atoms with Crippen LogP contribution in [-0.2, 0) is 0 Å². The summed E-state index contributed by atoms with van der Waals surface area (Å²) in [5, 5.41) is 14.4. The molecule has 4 rings (SSSR count). The maximum Gasteiger partial charge on any atom is 0.341 e. The van der Waals surface area contributed by atoms with Gasteiger partial charge in [-0.25, -0.2) is 14.3 Å². The molecule has 2 aromatic heterocycles. The number of nitrogens with zero attached hydrogens (tertiary/aromatic N) is 3. The van der Waals surface area contributed by atoms with E-state index in [1.54, 1.807) is 4.52 Å². The van der Waals surface area contributed by atoms with Crippen molar-refractivity contribution < 1.29 is 9.90 Å². The van der Waals surface area contributed by atoms with Gasteiger partial charge in [-0.3, -0.25) is 0 Å². The number of hydrogen-bond donors (Lipinski definition) is 1. The molecule has 0 atom stereocenters. The summed E-state index contributed by atoms with van der Waals surface area (Å²) < 4.78 is 1.77. The standard InChI is InChI=1S/C22H25N3O2S/c1-14(2)28-17-10-8-15(9-11-17)18-12-23-21-19(22(26)27)13-24-25(21)20(18)16-6-4-3-5-7-16/h8-14,16H,3-7H2,1-2H3,(H,26,27). The summed E-state index contributed by atoms with van der Waals surface area (Å²) in [4.78, 5) is 17.3. The second-order valence-electron chi connectivity index (χ2n) is 7.68. The van der Waals surface area contributed by atoms with E-state index in [4.69, 9.17) is 0 Å². The highest BCUT2D eigenvalue weighted by Gasteiger charge is 2.25. The second kappa shape index (κ2) is 7.95. The number of aromatic nitrogens is 3. The number of thioether (sulfide) groups is 1. The molecule has 1 saturated carbocycles. The number of fused-ring (bicyclic) bond motifs is 1. The van der Waals surface area contributed by atoms with Gasteiger partial charge in [0, 0.05) is 27.8 Å².